The van der Waals surface area contributed by atoms with Gasteiger partial charge in [-0.2, -0.15) is 0 Å². The van der Waals surface area contributed by atoms with Gasteiger partial charge in [0.05, 0.1) is 0 Å². The molecule has 1 fully saturated rings. The topological polar surface area (TPSA) is 17.1 Å². The van der Waals surface area contributed by atoms with Gasteiger partial charge in [0.2, 0.25) is 0 Å². The zero-order valence-electron chi connectivity index (χ0n) is 9.99. The smallest absolute Gasteiger partial charge is 0.127 e. The summed E-state index contributed by atoms with van der Waals surface area (Å²) in [6.07, 6.45) is 7.52. The Balaban J connectivity index is 2.14. The number of aryl methyl sites for hydroxylation is 1. The number of hydrogen-bond acceptors (Lipinski definition) is 1. The minimum absolute atomic E-state index is 0.126. The lowest BCUT2D eigenvalue weighted by Gasteiger charge is -2.27. The van der Waals surface area contributed by atoms with Crippen LogP contribution in [0.25, 0.3) is 0 Å². The second-order valence-corrected chi connectivity index (χ2v) is 4.97. The quantitative estimate of drug-likeness (QED) is 0.701. The Bertz CT molecular complexity index is 333. The maximum absolute atomic E-state index is 11.3. The van der Waals surface area contributed by atoms with E-state index in [0.29, 0.717) is 5.92 Å². The normalized spacial score (nSPS) is 19.3. The molecule has 1 saturated carbocycles. The van der Waals surface area contributed by atoms with E-state index in [0.717, 1.165) is 6.29 Å². The molecule has 1 atom stereocenters. The van der Waals surface area contributed by atoms with Crippen molar-refractivity contribution in [2.75, 3.05) is 0 Å². The summed E-state index contributed by atoms with van der Waals surface area (Å²) in [5.41, 5.74) is 2.46. The summed E-state index contributed by atoms with van der Waals surface area (Å²) in [6.45, 7) is 2.08. The van der Waals surface area contributed by atoms with Gasteiger partial charge < -0.3 is 4.79 Å². The summed E-state index contributed by atoms with van der Waals surface area (Å²) in [6, 6.07) is 8.44. The van der Waals surface area contributed by atoms with Crippen LogP contribution in [0.5, 0.6) is 0 Å². The third-order valence-electron chi connectivity index (χ3n) is 3.77. The number of benzene rings is 1. The van der Waals surface area contributed by atoms with E-state index in [1.807, 2.05) is 0 Å². The van der Waals surface area contributed by atoms with Crippen LogP contribution in [0.4, 0.5) is 0 Å². The molecular weight excluding hydrogens is 196 g/mol. The van der Waals surface area contributed by atoms with Crippen LogP contribution in [0, 0.1) is 12.8 Å². The minimum atomic E-state index is 0.126. The van der Waals surface area contributed by atoms with Crippen molar-refractivity contribution in [1.82, 2.24) is 0 Å². The molecule has 1 aliphatic carbocycles. The number of carbonyl (C=O) groups is 1. The lowest BCUT2D eigenvalue weighted by atomic mass is 9.77. The summed E-state index contributed by atoms with van der Waals surface area (Å²) in [7, 11) is 0. The van der Waals surface area contributed by atoms with E-state index in [2.05, 4.69) is 31.2 Å². The number of aldehydes is 1. The first-order chi connectivity index (χ1) is 7.81. The molecule has 0 radical (unpaired) electrons. The lowest BCUT2D eigenvalue weighted by Crippen LogP contribution is -2.17. The number of hydrogen-bond donors (Lipinski definition) is 0. The zero-order chi connectivity index (χ0) is 11.4. The molecule has 0 aliphatic heterocycles. The van der Waals surface area contributed by atoms with Gasteiger partial charge in [0, 0.05) is 5.92 Å². The fourth-order valence-electron chi connectivity index (χ4n) is 2.74. The highest BCUT2D eigenvalue weighted by atomic mass is 16.1. The first-order valence-corrected chi connectivity index (χ1v) is 6.33. The highest BCUT2D eigenvalue weighted by Gasteiger charge is 2.24. The van der Waals surface area contributed by atoms with Crippen molar-refractivity contribution in [2.45, 2.75) is 44.9 Å². The van der Waals surface area contributed by atoms with Crippen molar-refractivity contribution in [3.8, 4) is 0 Å². The van der Waals surface area contributed by atoms with Crippen molar-refractivity contribution < 1.29 is 4.79 Å². The molecule has 1 heteroatoms. The van der Waals surface area contributed by atoms with Crippen LogP contribution < -0.4 is 0 Å². The van der Waals surface area contributed by atoms with Crippen molar-refractivity contribution >= 4 is 6.29 Å². The van der Waals surface area contributed by atoms with Gasteiger partial charge in [-0.15, -0.1) is 0 Å². The molecule has 1 aromatic carbocycles. The van der Waals surface area contributed by atoms with E-state index >= 15 is 0 Å². The molecule has 0 spiro atoms. The summed E-state index contributed by atoms with van der Waals surface area (Å²) >= 11 is 0. The van der Waals surface area contributed by atoms with Crippen molar-refractivity contribution in [1.29, 1.82) is 0 Å². The summed E-state index contributed by atoms with van der Waals surface area (Å²) in [4.78, 5) is 11.3. The fraction of sp³-hybridized carbons (Fsp3) is 0.533. The molecule has 0 aromatic heterocycles. The maximum atomic E-state index is 11.3. The van der Waals surface area contributed by atoms with Gasteiger partial charge in [0.25, 0.3) is 0 Å². The van der Waals surface area contributed by atoms with Crippen LogP contribution >= 0.6 is 0 Å². The van der Waals surface area contributed by atoms with Gasteiger partial charge in [0.1, 0.15) is 6.29 Å². The molecule has 1 nitrogen and oxygen atoms in total. The maximum Gasteiger partial charge on any atom is 0.127 e. The molecule has 0 saturated heterocycles. The Morgan fingerprint density at radius 2 is 1.75 bits per heavy atom. The molecule has 16 heavy (non-hydrogen) atoms. The summed E-state index contributed by atoms with van der Waals surface area (Å²) in [5, 5.41) is 0. The molecule has 0 amide bonds. The molecule has 2 rings (SSSR count). The average Bonchev–Trinajstić information content (AvgIpc) is 2.34. The van der Waals surface area contributed by atoms with Crippen molar-refractivity contribution in [2.24, 2.45) is 5.92 Å². The number of rotatable bonds is 3. The van der Waals surface area contributed by atoms with E-state index in [9.17, 15) is 4.79 Å². The van der Waals surface area contributed by atoms with Crippen LogP contribution in [0.2, 0.25) is 0 Å². The average molecular weight is 216 g/mol. The second kappa shape index (κ2) is 5.29. The second-order valence-electron chi connectivity index (χ2n) is 4.97. The molecule has 0 heterocycles. The van der Waals surface area contributed by atoms with Crippen LogP contribution in [0.3, 0.4) is 0 Å². The van der Waals surface area contributed by atoms with Crippen LogP contribution in [-0.2, 0) is 4.79 Å². The highest BCUT2D eigenvalue weighted by Crippen LogP contribution is 2.34. The molecule has 86 valence electrons. The lowest BCUT2D eigenvalue weighted by molar-refractivity contribution is -0.110. The Morgan fingerprint density at radius 3 is 2.31 bits per heavy atom. The molecule has 1 aliphatic rings. The van der Waals surface area contributed by atoms with Gasteiger partial charge in [-0.1, -0.05) is 49.1 Å². The van der Waals surface area contributed by atoms with Gasteiger partial charge in [-0.3, -0.25) is 0 Å². The van der Waals surface area contributed by atoms with E-state index < -0.39 is 0 Å². The predicted molar refractivity (Wildman–Crippen MR) is 66.6 cm³/mol. The Kier molecular flexibility index (Phi) is 3.76. The van der Waals surface area contributed by atoms with Crippen molar-refractivity contribution in [3.63, 3.8) is 0 Å². The fourth-order valence-corrected chi connectivity index (χ4v) is 2.74. The molecule has 1 aromatic rings. The Morgan fingerprint density at radius 1 is 1.12 bits per heavy atom. The summed E-state index contributed by atoms with van der Waals surface area (Å²) < 4.78 is 0. The van der Waals surface area contributed by atoms with Crippen LogP contribution in [-0.4, -0.2) is 6.29 Å². The van der Waals surface area contributed by atoms with Crippen LogP contribution in [0.1, 0.15) is 49.1 Å². The highest BCUT2D eigenvalue weighted by molar-refractivity contribution is 5.62. The van der Waals surface area contributed by atoms with Gasteiger partial charge in [-0.25, -0.2) is 0 Å². The molecule has 0 bridgehead atoms. The third kappa shape index (κ3) is 2.52. The van der Waals surface area contributed by atoms with E-state index in [1.165, 1.54) is 43.2 Å². The van der Waals surface area contributed by atoms with Gasteiger partial charge in [0.15, 0.2) is 0 Å². The first kappa shape index (κ1) is 11.4. The SMILES string of the molecule is Cc1ccc(C(C=O)C2CCCCC2)cc1. The molecule has 0 N–H and O–H groups in total. The predicted octanol–water partition coefficient (Wildman–Crippen LogP) is 3.86. The van der Waals surface area contributed by atoms with E-state index in [-0.39, 0.29) is 5.92 Å². The van der Waals surface area contributed by atoms with E-state index in [1.54, 1.807) is 0 Å². The van der Waals surface area contributed by atoms with E-state index in [4.69, 9.17) is 0 Å². The Hall–Kier alpha value is -1.11. The zero-order valence-corrected chi connectivity index (χ0v) is 9.99. The Labute approximate surface area is 97.9 Å². The van der Waals surface area contributed by atoms with Crippen LogP contribution in [0.15, 0.2) is 24.3 Å². The van der Waals surface area contributed by atoms with Gasteiger partial charge >= 0.3 is 0 Å². The van der Waals surface area contributed by atoms with Crippen molar-refractivity contribution in [3.05, 3.63) is 35.4 Å². The molecular formula is C15H20O. The summed E-state index contributed by atoms with van der Waals surface area (Å²) in [5.74, 6) is 0.704. The minimum Gasteiger partial charge on any atom is -0.303 e. The van der Waals surface area contributed by atoms with Gasteiger partial charge in [-0.05, 0) is 31.2 Å². The third-order valence-corrected chi connectivity index (χ3v) is 3.77. The monoisotopic (exact) mass is 216 g/mol. The first-order valence-electron chi connectivity index (χ1n) is 6.33. The largest absolute Gasteiger partial charge is 0.303 e. The number of carbonyl (C=O) groups excluding carboxylic acids is 1. The molecule has 1 unspecified atom stereocenters. The standard InChI is InChI=1S/C15H20O/c1-12-7-9-14(10-8-12)15(11-16)13-5-3-2-4-6-13/h7-11,13,15H,2-6H2,1H3.